The highest BCUT2D eigenvalue weighted by Crippen LogP contribution is 2.24. The van der Waals surface area contributed by atoms with E-state index in [1.54, 1.807) is 23.5 Å². The van der Waals surface area contributed by atoms with E-state index < -0.39 is 0 Å². The van der Waals surface area contributed by atoms with Crippen LogP contribution >= 0.6 is 0 Å². The minimum absolute atomic E-state index is 0.606. The zero-order chi connectivity index (χ0) is 14.2. The molecule has 0 N–H and O–H groups in total. The molecule has 0 aliphatic rings. The third kappa shape index (κ3) is 1.80. The highest BCUT2D eigenvalue weighted by molar-refractivity contribution is 5.50. The number of nitrogens with zero attached hydrogens (tertiary/aromatic N) is 3. The van der Waals surface area contributed by atoms with Crippen LogP contribution in [-0.2, 0) is 7.05 Å². The lowest BCUT2D eigenvalue weighted by molar-refractivity contribution is -0.650. The molecule has 104 valence electrons. The maximum atomic E-state index is 5.52. The van der Waals surface area contributed by atoms with Crippen LogP contribution in [-0.4, -0.2) is 9.78 Å². The molecule has 0 radical (unpaired) electrons. The first-order valence-corrected chi connectivity index (χ1v) is 6.45. The number of rotatable bonds is 3. The van der Waals surface area contributed by atoms with Crippen molar-refractivity contribution in [3.63, 3.8) is 0 Å². The third-order valence-corrected chi connectivity index (χ3v) is 3.23. The van der Waals surface area contributed by atoms with E-state index in [9.17, 15) is 0 Å². The summed E-state index contributed by atoms with van der Waals surface area (Å²) in [6, 6.07) is 11.1. The molecule has 0 aliphatic heterocycles. The molecule has 0 amide bonds. The fourth-order valence-corrected chi connectivity index (χ4v) is 2.29. The Labute approximate surface area is 119 Å². The zero-order valence-electron chi connectivity index (χ0n) is 11.3. The molecule has 0 atom stereocenters. The fourth-order valence-electron chi connectivity index (χ4n) is 2.29. The molecular formula is C15H12N3O3+. The van der Waals surface area contributed by atoms with Gasteiger partial charge < -0.3 is 13.3 Å². The van der Waals surface area contributed by atoms with E-state index in [0.29, 0.717) is 23.2 Å². The summed E-state index contributed by atoms with van der Waals surface area (Å²) in [6.07, 6.45) is 4.85. The summed E-state index contributed by atoms with van der Waals surface area (Å²) >= 11 is 0. The van der Waals surface area contributed by atoms with Crippen LogP contribution in [0.3, 0.4) is 0 Å². The van der Waals surface area contributed by atoms with Crippen molar-refractivity contribution in [2.45, 2.75) is 0 Å². The lowest BCUT2D eigenvalue weighted by atomic mass is 10.4. The summed E-state index contributed by atoms with van der Waals surface area (Å²) < 4.78 is 20.0. The molecule has 0 fully saturated rings. The van der Waals surface area contributed by atoms with Gasteiger partial charge in [0.25, 0.3) is 5.88 Å². The first-order valence-electron chi connectivity index (χ1n) is 6.45. The first-order chi connectivity index (χ1) is 10.3. The van der Waals surface area contributed by atoms with Gasteiger partial charge in [0.1, 0.15) is 0 Å². The van der Waals surface area contributed by atoms with Crippen LogP contribution in [0.15, 0.2) is 68.4 Å². The SMILES string of the molecule is C[n+]1c(-c2ccco2)nn(-c2ccco2)c1-c1ccco1. The Kier molecular flexibility index (Phi) is 2.53. The topological polar surface area (TPSA) is 61.1 Å². The molecule has 6 heteroatoms. The molecule has 4 heterocycles. The summed E-state index contributed by atoms with van der Waals surface area (Å²) in [7, 11) is 1.90. The summed E-state index contributed by atoms with van der Waals surface area (Å²) in [5, 5.41) is 4.58. The van der Waals surface area contributed by atoms with Gasteiger partial charge >= 0.3 is 11.6 Å². The van der Waals surface area contributed by atoms with Crippen LogP contribution in [0.1, 0.15) is 0 Å². The Morgan fingerprint density at radius 1 is 0.905 bits per heavy atom. The predicted molar refractivity (Wildman–Crippen MR) is 72.4 cm³/mol. The average molecular weight is 282 g/mol. The molecule has 0 bridgehead atoms. The van der Waals surface area contributed by atoms with Crippen LogP contribution in [0.2, 0.25) is 0 Å². The lowest BCUT2D eigenvalue weighted by Gasteiger charge is -1.95. The summed E-state index contributed by atoms with van der Waals surface area (Å²) in [5.41, 5.74) is 0. The van der Waals surface area contributed by atoms with Gasteiger partial charge in [-0.15, -0.1) is 0 Å². The Hall–Kier alpha value is -3.02. The van der Waals surface area contributed by atoms with Crippen molar-refractivity contribution < 1.29 is 17.8 Å². The number of aromatic nitrogens is 3. The maximum Gasteiger partial charge on any atom is 0.345 e. The second-order valence-electron chi connectivity index (χ2n) is 4.52. The van der Waals surface area contributed by atoms with E-state index in [0.717, 1.165) is 5.82 Å². The van der Waals surface area contributed by atoms with Crippen molar-refractivity contribution in [1.82, 2.24) is 9.78 Å². The van der Waals surface area contributed by atoms with Crippen molar-refractivity contribution >= 4 is 0 Å². The van der Waals surface area contributed by atoms with Gasteiger partial charge in [-0.25, -0.2) is 4.57 Å². The van der Waals surface area contributed by atoms with Crippen LogP contribution < -0.4 is 4.57 Å². The molecule has 0 aromatic carbocycles. The van der Waals surface area contributed by atoms with Crippen LogP contribution in [0, 0.1) is 0 Å². The standard InChI is InChI=1S/C15H12N3O3/c1-17-14(11-5-2-8-19-11)16-18(13-7-4-10-21-13)15(17)12-6-3-9-20-12/h2-10H,1H3/q+1. The lowest BCUT2D eigenvalue weighted by Crippen LogP contribution is -2.31. The van der Waals surface area contributed by atoms with Crippen LogP contribution in [0.4, 0.5) is 0 Å². The Morgan fingerprint density at radius 3 is 2.19 bits per heavy atom. The highest BCUT2D eigenvalue weighted by Gasteiger charge is 2.31. The second kappa shape index (κ2) is 4.52. The largest absolute Gasteiger partial charge is 0.458 e. The highest BCUT2D eigenvalue weighted by atomic mass is 16.4. The van der Waals surface area contributed by atoms with Gasteiger partial charge in [0.05, 0.1) is 30.9 Å². The van der Waals surface area contributed by atoms with Gasteiger partial charge in [-0.2, -0.15) is 0 Å². The Bertz CT molecular complexity index is 841. The van der Waals surface area contributed by atoms with Gasteiger partial charge in [0.15, 0.2) is 0 Å². The smallest absolute Gasteiger partial charge is 0.345 e. The van der Waals surface area contributed by atoms with E-state index in [1.807, 2.05) is 48.0 Å². The van der Waals surface area contributed by atoms with Crippen molar-refractivity contribution in [3.05, 3.63) is 55.2 Å². The van der Waals surface area contributed by atoms with E-state index in [-0.39, 0.29) is 0 Å². The molecule has 6 nitrogen and oxygen atoms in total. The van der Waals surface area contributed by atoms with E-state index in [2.05, 4.69) is 5.10 Å². The Morgan fingerprint density at radius 2 is 1.57 bits per heavy atom. The van der Waals surface area contributed by atoms with Crippen LogP contribution in [0.5, 0.6) is 0 Å². The van der Waals surface area contributed by atoms with Crippen molar-refractivity contribution in [2.24, 2.45) is 7.05 Å². The number of hydrogen-bond acceptors (Lipinski definition) is 4. The third-order valence-electron chi connectivity index (χ3n) is 3.23. The van der Waals surface area contributed by atoms with E-state index in [1.165, 1.54) is 0 Å². The summed E-state index contributed by atoms with van der Waals surface area (Å²) in [4.78, 5) is 0. The van der Waals surface area contributed by atoms with Crippen molar-refractivity contribution in [2.75, 3.05) is 0 Å². The molecule has 0 aliphatic carbocycles. The average Bonchev–Trinajstić information content (AvgIpc) is 3.27. The predicted octanol–water partition coefficient (Wildman–Crippen LogP) is 2.81. The van der Waals surface area contributed by atoms with Gasteiger partial charge in [0.2, 0.25) is 11.5 Å². The summed E-state index contributed by atoms with van der Waals surface area (Å²) in [5.74, 6) is 3.42. The number of furan rings is 3. The molecule has 0 unspecified atom stereocenters. The van der Waals surface area contributed by atoms with E-state index in [4.69, 9.17) is 13.3 Å². The quantitative estimate of drug-likeness (QED) is 0.542. The van der Waals surface area contributed by atoms with Gasteiger partial charge in [0, 0.05) is 6.07 Å². The number of hydrogen-bond donors (Lipinski definition) is 0. The molecule has 4 rings (SSSR count). The normalized spacial score (nSPS) is 11.1. The molecule has 4 aromatic heterocycles. The van der Waals surface area contributed by atoms with Crippen molar-refractivity contribution in [1.29, 1.82) is 0 Å². The van der Waals surface area contributed by atoms with Crippen molar-refractivity contribution in [3.8, 4) is 29.1 Å². The Balaban J connectivity index is 1.99. The van der Waals surface area contributed by atoms with Gasteiger partial charge in [-0.05, 0) is 35.0 Å². The van der Waals surface area contributed by atoms with Gasteiger partial charge in [-0.3, -0.25) is 0 Å². The molecule has 0 saturated carbocycles. The van der Waals surface area contributed by atoms with Gasteiger partial charge in [-0.1, -0.05) is 0 Å². The second-order valence-corrected chi connectivity index (χ2v) is 4.52. The molecule has 21 heavy (non-hydrogen) atoms. The monoisotopic (exact) mass is 282 g/mol. The molecule has 0 saturated heterocycles. The zero-order valence-corrected chi connectivity index (χ0v) is 11.3. The van der Waals surface area contributed by atoms with E-state index >= 15 is 0 Å². The minimum atomic E-state index is 0.606. The molecule has 4 aromatic rings. The summed E-state index contributed by atoms with van der Waals surface area (Å²) in [6.45, 7) is 0. The fraction of sp³-hybridized carbons (Fsp3) is 0.0667. The maximum absolute atomic E-state index is 5.52. The van der Waals surface area contributed by atoms with Crippen LogP contribution in [0.25, 0.3) is 29.1 Å². The minimum Gasteiger partial charge on any atom is -0.458 e. The molecular weight excluding hydrogens is 270 g/mol. The molecule has 0 spiro atoms. The first kappa shape index (κ1) is 11.8.